The van der Waals surface area contributed by atoms with E-state index in [4.69, 9.17) is 0 Å². The summed E-state index contributed by atoms with van der Waals surface area (Å²) in [7, 11) is 0. The van der Waals surface area contributed by atoms with Crippen molar-refractivity contribution in [3.05, 3.63) is 18.9 Å². The second kappa shape index (κ2) is 3.76. The number of rotatable bonds is 3. The van der Waals surface area contributed by atoms with Crippen LogP contribution in [0.25, 0.3) is 11.2 Å². The number of ketones is 1. The van der Waals surface area contributed by atoms with Crippen LogP contribution in [0.3, 0.4) is 0 Å². The monoisotopic (exact) mass is 204 g/mol. The lowest BCUT2D eigenvalue weighted by Crippen LogP contribution is -2.07. The molecule has 0 spiro atoms. The Kier molecular flexibility index (Phi) is 2.45. The molecule has 5 heteroatoms. The van der Waals surface area contributed by atoms with Gasteiger partial charge in [-0.05, 0) is 13.8 Å². The second-order valence-electron chi connectivity index (χ2n) is 3.64. The minimum atomic E-state index is 0.0958. The van der Waals surface area contributed by atoms with Gasteiger partial charge >= 0.3 is 0 Å². The average molecular weight is 204 g/mol. The van der Waals surface area contributed by atoms with Crippen molar-refractivity contribution >= 4 is 16.9 Å². The van der Waals surface area contributed by atoms with E-state index < -0.39 is 0 Å². The van der Waals surface area contributed by atoms with Crippen LogP contribution in [0.5, 0.6) is 0 Å². The predicted octanol–water partition coefficient (Wildman–Crippen LogP) is 1.37. The Bertz CT molecular complexity index is 491. The van der Waals surface area contributed by atoms with Crippen molar-refractivity contribution in [1.29, 1.82) is 0 Å². The average Bonchev–Trinajstić information content (AvgIpc) is 2.59. The van der Waals surface area contributed by atoms with E-state index in [1.54, 1.807) is 19.4 Å². The van der Waals surface area contributed by atoms with Crippen LogP contribution in [0.15, 0.2) is 18.9 Å². The van der Waals surface area contributed by atoms with Crippen LogP contribution in [0.1, 0.15) is 26.3 Å². The van der Waals surface area contributed by atoms with Crippen LogP contribution in [0.2, 0.25) is 0 Å². The first-order chi connectivity index (χ1) is 7.18. The van der Waals surface area contributed by atoms with E-state index in [2.05, 4.69) is 15.0 Å². The van der Waals surface area contributed by atoms with Crippen LogP contribution < -0.4 is 0 Å². The summed E-state index contributed by atoms with van der Waals surface area (Å²) in [6.07, 6.45) is 5.38. The van der Waals surface area contributed by atoms with Crippen LogP contribution >= 0.6 is 0 Å². The minimum Gasteiger partial charge on any atom is -0.325 e. The zero-order valence-electron chi connectivity index (χ0n) is 8.71. The summed E-state index contributed by atoms with van der Waals surface area (Å²) in [5, 5.41) is 0. The van der Waals surface area contributed by atoms with Gasteiger partial charge in [0, 0.05) is 12.5 Å². The molecule has 0 aliphatic heterocycles. The van der Waals surface area contributed by atoms with Crippen LogP contribution in [-0.4, -0.2) is 25.3 Å². The Balaban J connectivity index is 2.39. The second-order valence-corrected chi connectivity index (χ2v) is 3.64. The Labute approximate surface area is 87.2 Å². The largest absolute Gasteiger partial charge is 0.325 e. The normalized spacial score (nSPS) is 12.9. The quantitative estimate of drug-likeness (QED) is 0.757. The molecule has 1 atom stereocenters. The van der Waals surface area contributed by atoms with Crippen molar-refractivity contribution in [1.82, 2.24) is 19.5 Å². The van der Waals surface area contributed by atoms with Crippen molar-refractivity contribution in [2.75, 3.05) is 0 Å². The fraction of sp³-hybridized carbons (Fsp3) is 0.400. The van der Waals surface area contributed by atoms with E-state index >= 15 is 0 Å². The van der Waals surface area contributed by atoms with Gasteiger partial charge in [-0.25, -0.2) is 15.0 Å². The molecule has 15 heavy (non-hydrogen) atoms. The third kappa shape index (κ3) is 1.86. The van der Waals surface area contributed by atoms with Crippen molar-refractivity contribution in [2.45, 2.75) is 26.3 Å². The highest BCUT2D eigenvalue weighted by Crippen LogP contribution is 2.17. The molecular weight excluding hydrogens is 192 g/mol. The lowest BCUT2D eigenvalue weighted by Gasteiger charge is -2.11. The summed E-state index contributed by atoms with van der Waals surface area (Å²) < 4.78 is 1.93. The molecule has 0 aromatic carbocycles. The molecule has 2 aromatic rings. The molecular formula is C10H12N4O. The Hall–Kier alpha value is -1.78. The molecule has 0 unspecified atom stereocenters. The zero-order valence-corrected chi connectivity index (χ0v) is 8.71. The highest BCUT2D eigenvalue weighted by molar-refractivity contribution is 5.76. The van der Waals surface area contributed by atoms with E-state index in [0.717, 1.165) is 5.52 Å². The fourth-order valence-electron chi connectivity index (χ4n) is 1.64. The Morgan fingerprint density at radius 2 is 2.33 bits per heavy atom. The molecule has 2 aromatic heterocycles. The summed E-state index contributed by atoms with van der Waals surface area (Å²) in [5.74, 6) is 0.168. The summed E-state index contributed by atoms with van der Waals surface area (Å²) in [6.45, 7) is 3.57. The number of aromatic nitrogens is 4. The van der Waals surface area contributed by atoms with Gasteiger partial charge in [-0.15, -0.1) is 0 Å². The standard InChI is InChI=1S/C10H12N4O/c1-7(3-8(2)15)14-6-13-10-9(14)4-11-5-12-10/h4-7H,3H2,1-2H3/t7-/m0/s1. The van der Waals surface area contributed by atoms with E-state index in [9.17, 15) is 4.79 Å². The third-order valence-electron chi connectivity index (χ3n) is 2.31. The molecule has 0 saturated heterocycles. The van der Waals surface area contributed by atoms with Crippen molar-refractivity contribution < 1.29 is 4.79 Å². The molecule has 5 nitrogen and oxygen atoms in total. The highest BCUT2D eigenvalue weighted by Gasteiger charge is 2.11. The SMILES string of the molecule is CC(=O)C[C@H](C)n1cnc2ncncc21. The van der Waals surface area contributed by atoms with Gasteiger partial charge in [-0.3, -0.25) is 4.79 Å². The first-order valence-electron chi connectivity index (χ1n) is 4.80. The molecule has 0 bridgehead atoms. The molecule has 2 rings (SSSR count). The molecule has 0 radical (unpaired) electrons. The van der Waals surface area contributed by atoms with Crippen molar-refractivity contribution in [2.24, 2.45) is 0 Å². The lowest BCUT2D eigenvalue weighted by molar-refractivity contribution is -0.117. The maximum Gasteiger partial charge on any atom is 0.180 e. The van der Waals surface area contributed by atoms with Gasteiger partial charge in [-0.1, -0.05) is 0 Å². The maximum atomic E-state index is 11.0. The lowest BCUT2D eigenvalue weighted by atomic mass is 10.2. The number of fused-ring (bicyclic) bond motifs is 1. The van der Waals surface area contributed by atoms with E-state index in [0.29, 0.717) is 12.1 Å². The highest BCUT2D eigenvalue weighted by atomic mass is 16.1. The van der Waals surface area contributed by atoms with Gasteiger partial charge in [-0.2, -0.15) is 0 Å². The van der Waals surface area contributed by atoms with Crippen LogP contribution in [0, 0.1) is 0 Å². The van der Waals surface area contributed by atoms with Crippen molar-refractivity contribution in [3.8, 4) is 0 Å². The number of nitrogens with zero attached hydrogens (tertiary/aromatic N) is 4. The minimum absolute atomic E-state index is 0.0958. The molecule has 0 N–H and O–H groups in total. The zero-order chi connectivity index (χ0) is 10.8. The van der Waals surface area contributed by atoms with Crippen molar-refractivity contribution in [3.63, 3.8) is 0 Å². The summed E-state index contributed by atoms with van der Waals surface area (Å²) in [6, 6.07) is 0.0958. The Morgan fingerprint density at radius 1 is 1.53 bits per heavy atom. The summed E-state index contributed by atoms with van der Waals surface area (Å²) >= 11 is 0. The molecule has 0 amide bonds. The van der Waals surface area contributed by atoms with Gasteiger partial charge in [0.1, 0.15) is 17.6 Å². The first kappa shape index (κ1) is 9.76. The molecule has 78 valence electrons. The number of hydrogen-bond donors (Lipinski definition) is 0. The summed E-state index contributed by atoms with van der Waals surface area (Å²) in [4.78, 5) is 23.2. The van der Waals surface area contributed by atoms with E-state index in [1.165, 1.54) is 6.33 Å². The Morgan fingerprint density at radius 3 is 3.07 bits per heavy atom. The predicted molar refractivity (Wildman–Crippen MR) is 55.3 cm³/mol. The molecule has 0 fully saturated rings. The maximum absolute atomic E-state index is 11.0. The van der Waals surface area contributed by atoms with Gasteiger partial charge in [0.15, 0.2) is 5.65 Å². The van der Waals surface area contributed by atoms with Gasteiger partial charge in [0.05, 0.1) is 12.5 Å². The number of carbonyl (C=O) groups is 1. The topological polar surface area (TPSA) is 60.7 Å². The number of carbonyl (C=O) groups excluding carboxylic acids is 1. The number of imidazole rings is 1. The third-order valence-corrected chi connectivity index (χ3v) is 2.31. The van der Waals surface area contributed by atoms with Gasteiger partial charge in [0.2, 0.25) is 0 Å². The summed E-state index contributed by atoms with van der Waals surface area (Å²) in [5.41, 5.74) is 1.53. The molecule has 0 aliphatic carbocycles. The first-order valence-corrected chi connectivity index (χ1v) is 4.80. The molecule has 0 saturated carbocycles. The molecule has 0 aliphatic rings. The molecule has 2 heterocycles. The smallest absolute Gasteiger partial charge is 0.180 e. The number of hydrogen-bond acceptors (Lipinski definition) is 4. The fourth-order valence-corrected chi connectivity index (χ4v) is 1.64. The van der Waals surface area contributed by atoms with Gasteiger partial charge in [0.25, 0.3) is 0 Å². The van der Waals surface area contributed by atoms with E-state index in [-0.39, 0.29) is 11.8 Å². The van der Waals surface area contributed by atoms with E-state index in [1.807, 2.05) is 11.5 Å². The van der Waals surface area contributed by atoms with Gasteiger partial charge < -0.3 is 4.57 Å². The van der Waals surface area contributed by atoms with Crippen LogP contribution in [-0.2, 0) is 4.79 Å². The number of Topliss-reactive ketones (excluding diaryl/α,β-unsaturated/α-hetero) is 1. The van der Waals surface area contributed by atoms with Crippen LogP contribution in [0.4, 0.5) is 0 Å².